The van der Waals surface area contributed by atoms with Crippen molar-refractivity contribution in [3.63, 3.8) is 0 Å². The third kappa shape index (κ3) is 3.82. The fraction of sp³-hybridized carbons (Fsp3) is 0.333. The summed E-state index contributed by atoms with van der Waals surface area (Å²) in [6, 6.07) is 7.42. The number of nitrogens with one attached hydrogen (secondary N) is 1. The van der Waals surface area contributed by atoms with Gasteiger partial charge in [-0.3, -0.25) is 15.0 Å². The van der Waals surface area contributed by atoms with Crippen molar-refractivity contribution in [2.75, 3.05) is 0 Å². The van der Waals surface area contributed by atoms with E-state index in [0.29, 0.717) is 18.4 Å². The number of hydrogen-bond acceptors (Lipinski definition) is 3. The lowest BCUT2D eigenvalue weighted by atomic mass is 10.0. The predicted molar refractivity (Wildman–Crippen MR) is 61.7 cm³/mol. The van der Waals surface area contributed by atoms with E-state index in [0.717, 1.165) is 5.56 Å². The van der Waals surface area contributed by atoms with Gasteiger partial charge in [-0.1, -0.05) is 29.8 Å². The number of amides is 1. The summed E-state index contributed by atoms with van der Waals surface area (Å²) in [4.78, 5) is 22.5. The first-order valence-electron chi connectivity index (χ1n) is 5.23. The number of hydrazine groups is 1. The first kappa shape index (κ1) is 12.4. The fourth-order valence-corrected chi connectivity index (χ4v) is 1.37. The van der Waals surface area contributed by atoms with Crippen molar-refractivity contribution >= 4 is 11.7 Å². The van der Waals surface area contributed by atoms with Gasteiger partial charge in [0.25, 0.3) is 0 Å². The van der Waals surface area contributed by atoms with Gasteiger partial charge in [-0.25, -0.2) is 5.84 Å². The van der Waals surface area contributed by atoms with E-state index >= 15 is 0 Å². The van der Waals surface area contributed by atoms with E-state index < -0.39 is 0 Å². The molecule has 0 aliphatic heterocycles. The third-order valence-corrected chi connectivity index (χ3v) is 2.34. The van der Waals surface area contributed by atoms with Crippen molar-refractivity contribution in [1.29, 1.82) is 0 Å². The molecule has 1 aromatic rings. The number of aryl methyl sites for hydroxylation is 1. The van der Waals surface area contributed by atoms with Crippen LogP contribution in [0.15, 0.2) is 24.3 Å². The molecule has 4 heteroatoms. The topological polar surface area (TPSA) is 72.2 Å². The van der Waals surface area contributed by atoms with Gasteiger partial charge in [0.05, 0.1) is 0 Å². The Balaban J connectivity index is 2.41. The fourth-order valence-electron chi connectivity index (χ4n) is 1.37. The van der Waals surface area contributed by atoms with Gasteiger partial charge in [-0.05, 0) is 13.3 Å². The molecule has 0 aromatic heterocycles. The number of carbonyl (C=O) groups is 2. The van der Waals surface area contributed by atoms with E-state index in [9.17, 15) is 9.59 Å². The van der Waals surface area contributed by atoms with E-state index in [-0.39, 0.29) is 18.1 Å². The van der Waals surface area contributed by atoms with Crippen molar-refractivity contribution in [3.8, 4) is 0 Å². The summed E-state index contributed by atoms with van der Waals surface area (Å²) in [6.07, 6.45) is 1.18. The number of carbonyl (C=O) groups excluding carboxylic acids is 2. The Morgan fingerprint density at radius 2 is 1.81 bits per heavy atom. The molecular weight excluding hydrogens is 204 g/mol. The van der Waals surface area contributed by atoms with Crippen LogP contribution in [0.4, 0.5) is 0 Å². The molecule has 0 radical (unpaired) electrons. The third-order valence-electron chi connectivity index (χ3n) is 2.34. The Morgan fingerprint density at radius 3 is 2.38 bits per heavy atom. The SMILES string of the molecule is Cc1ccc(C(=O)CCCC(=O)NN)cc1. The zero-order chi connectivity index (χ0) is 12.0. The van der Waals surface area contributed by atoms with Gasteiger partial charge in [-0.15, -0.1) is 0 Å². The molecule has 4 nitrogen and oxygen atoms in total. The molecule has 0 fully saturated rings. The van der Waals surface area contributed by atoms with Gasteiger partial charge < -0.3 is 0 Å². The first-order chi connectivity index (χ1) is 7.63. The highest BCUT2D eigenvalue weighted by Crippen LogP contribution is 2.08. The lowest BCUT2D eigenvalue weighted by molar-refractivity contribution is -0.121. The lowest BCUT2D eigenvalue weighted by Crippen LogP contribution is -2.29. The molecule has 0 spiro atoms. The van der Waals surface area contributed by atoms with Crippen molar-refractivity contribution < 1.29 is 9.59 Å². The second-order valence-electron chi connectivity index (χ2n) is 3.71. The summed E-state index contributed by atoms with van der Waals surface area (Å²) in [7, 11) is 0. The van der Waals surface area contributed by atoms with Gasteiger partial charge in [0.15, 0.2) is 5.78 Å². The zero-order valence-electron chi connectivity index (χ0n) is 9.32. The van der Waals surface area contributed by atoms with Gasteiger partial charge in [-0.2, -0.15) is 0 Å². The van der Waals surface area contributed by atoms with Crippen LogP contribution in [0.1, 0.15) is 35.2 Å². The zero-order valence-corrected chi connectivity index (χ0v) is 9.32. The minimum atomic E-state index is -0.239. The second kappa shape index (κ2) is 6.02. The van der Waals surface area contributed by atoms with Crippen LogP contribution in [0.3, 0.4) is 0 Å². The maximum Gasteiger partial charge on any atom is 0.233 e. The first-order valence-corrected chi connectivity index (χ1v) is 5.23. The molecule has 0 heterocycles. The molecule has 1 rings (SSSR count). The molecule has 0 aliphatic carbocycles. The maximum absolute atomic E-state index is 11.7. The molecule has 16 heavy (non-hydrogen) atoms. The molecule has 3 N–H and O–H groups in total. The quantitative estimate of drug-likeness (QED) is 0.340. The standard InChI is InChI=1S/C12H16N2O2/c1-9-5-7-10(8-6-9)11(15)3-2-4-12(16)14-13/h5-8H,2-4,13H2,1H3,(H,14,16). The summed E-state index contributed by atoms with van der Waals surface area (Å²) in [5.74, 6) is 4.75. The summed E-state index contributed by atoms with van der Waals surface area (Å²) in [5.41, 5.74) is 3.85. The monoisotopic (exact) mass is 220 g/mol. The van der Waals surface area contributed by atoms with E-state index in [4.69, 9.17) is 5.84 Å². The molecule has 1 aromatic carbocycles. The van der Waals surface area contributed by atoms with Crippen LogP contribution in [0.2, 0.25) is 0 Å². The number of nitrogens with two attached hydrogens (primary N) is 1. The minimum absolute atomic E-state index is 0.0600. The highest BCUT2D eigenvalue weighted by Gasteiger charge is 2.06. The number of ketones is 1. The Kier molecular flexibility index (Phi) is 4.66. The highest BCUT2D eigenvalue weighted by atomic mass is 16.2. The summed E-state index contributed by atoms with van der Waals surface area (Å²) in [5, 5.41) is 0. The van der Waals surface area contributed by atoms with E-state index in [1.54, 1.807) is 12.1 Å². The molecule has 1 amide bonds. The molecule has 0 saturated carbocycles. The van der Waals surface area contributed by atoms with Gasteiger partial charge >= 0.3 is 0 Å². The Bertz CT molecular complexity index is 371. The molecule has 86 valence electrons. The highest BCUT2D eigenvalue weighted by molar-refractivity contribution is 5.96. The van der Waals surface area contributed by atoms with Gasteiger partial charge in [0.1, 0.15) is 0 Å². The van der Waals surface area contributed by atoms with Crippen molar-refractivity contribution in [1.82, 2.24) is 5.43 Å². The average molecular weight is 220 g/mol. The van der Waals surface area contributed by atoms with Crippen LogP contribution in [0.5, 0.6) is 0 Å². The summed E-state index contributed by atoms with van der Waals surface area (Å²) in [6.45, 7) is 1.97. The van der Waals surface area contributed by atoms with E-state index in [1.807, 2.05) is 24.5 Å². The minimum Gasteiger partial charge on any atom is -0.294 e. The van der Waals surface area contributed by atoms with Crippen LogP contribution in [-0.2, 0) is 4.79 Å². The molecule has 0 bridgehead atoms. The summed E-state index contributed by atoms with van der Waals surface area (Å²) >= 11 is 0. The van der Waals surface area contributed by atoms with Gasteiger partial charge in [0, 0.05) is 18.4 Å². The lowest BCUT2D eigenvalue weighted by Gasteiger charge is -2.01. The summed E-state index contributed by atoms with van der Waals surface area (Å²) < 4.78 is 0. The van der Waals surface area contributed by atoms with Crippen LogP contribution in [-0.4, -0.2) is 11.7 Å². The number of Topliss-reactive ketones (excluding diaryl/α,β-unsaturated/α-hetero) is 1. The van der Waals surface area contributed by atoms with Crippen LogP contribution in [0.25, 0.3) is 0 Å². The molecule has 0 aliphatic rings. The smallest absolute Gasteiger partial charge is 0.233 e. The Morgan fingerprint density at radius 1 is 1.19 bits per heavy atom. The van der Waals surface area contributed by atoms with Gasteiger partial charge in [0.2, 0.25) is 5.91 Å². The second-order valence-corrected chi connectivity index (χ2v) is 3.71. The van der Waals surface area contributed by atoms with Crippen LogP contribution in [0, 0.1) is 6.92 Å². The van der Waals surface area contributed by atoms with E-state index in [1.165, 1.54) is 0 Å². The number of benzene rings is 1. The van der Waals surface area contributed by atoms with E-state index in [2.05, 4.69) is 0 Å². The predicted octanol–water partition coefficient (Wildman–Crippen LogP) is 1.34. The number of hydrogen-bond donors (Lipinski definition) is 2. The molecule has 0 saturated heterocycles. The van der Waals surface area contributed by atoms with Crippen molar-refractivity contribution in [3.05, 3.63) is 35.4 Å². The van der Waals surface area contributed by atoms with Crippen LogP contribution >= 0.6 is 0 Å². The largest absolute Gasteiger partial charge is 0.294 e. The normalized spacial score (nSPS) is 9.88. The Hall–Kier alpha value is -1.68. The van der Waals surface area contributed by atoms with Crippen LogP contribution < -0.4 is 11.3 Å². The molecular formula is C12H16N2O2. The number of rotatable bonds is 5. The Labute approximate surface area is 94.8 Å². The molecule has 0 atom stereocenters. The van der Waals surface area contributed by atoms with Crippen molar-refractivity contribution in [2.45, 2.75) is 26.2 Å². The van der Waals surface area contributed by atoms with Crippen molar-refractivity contribution in [2.24, 2.45) is 5.84 Å². The average Bonchev–Trinajstić information content (AvgIpc) is 2.29. The molecule has 0 unspecified atom stereocenters. The maximum atomic E-state index is 11.7.